The number of aliphatic hydroxyl groups excluding tert-OH is 1. The largest absolute Gasteiger partial charge is 0.508 e. The average Bonchev–Trinajstić information content (AvgIpc) is 3.00. The zero-order valence-electron chi connectivity index (χ0n) is 12.7. The van der Waals surface area contributed by atoms with Crippen molar-refractivity contribution in [3.63, 3.8) is 0 Å². The highest BCUT2D eigenvalue weighted by molar-refractivity contribution is 5.27. The molecule has 4 heteroatoms. The van der Waals surface area contributed by atoms with Gasteiger partial charge in [-0.3, -0.25) is 4.90 Å². The first-order chi connectivity index (χ1) is 10.7. The van der Waals surface area contributed by atoms with E-state index in [-0.39, 0.29) is 6.10 Å². The van der Waals surface area contributed by atoms with Gasteiger partial charge in [-0.05, 0) is 55.5 Å². The Kier molecular flexibility index (Phi) is 4.80. The van der Waals surface area contributed by atoms with Crippen molar-refractivity contribution in [2.75, 3.05) is 0 Å². The number of rotatable bonds is 5. The Labute approximate surface area is 131 Å². The topological polar surface area (TPSA) is 56.8 Å². The standard InChI is InChI=1S/C18H23NO3/c20-16-8-6-15(7-9-16)19(13-18-5-2-10-22-18)12-14-3-1-4-17(21)11-14/h1-5,10-11,15-16,20-21H,6-9,12-13H2. The van der Waals surface area contributed by atoms with E-state index in [4.69, 9.17) is 4.42 Å². The maximum atomic E-state index is 9.72. The van der Waals surface area contributed by atoms with E-state index in [2.05, 4.69) is 4.90 Å². The Morgan fingerprint density at radius 3 is 2.55 bits per heavy atom. The highest BCUT2D eigenvalue weighted by atomic mass is 16.3. The number of furan rings is 1. The van der Waals surface area contributed by atoms with Gasteiger partial charge in [0.25, 0.3) is 0 Å². The summed E-state index contributed by atoms with van der Waals surface area (Å²) in [6.45, 7) is 1.53. The summed E-state index contributed by atoms with van der Waals surface area (Å²) in [5, 5.41) is 19.4. The lowest BCUT2D eigenvalue weighted by molar-refractivity contribution is 0.0633. The van der Waals surface area contributed by atoms with Gasteiger partial charge in [0.15, 0.2) is 0 Å². The second-order valence-corrected chi connectivity index (χ2v) is 6.12. The minimum absolute atomic E-state index is 0.150. The van der Waals surface area contributed by atoms with E-state index in [1.165, 1.54) is 0 Å². The summed E-state index contributed by atoms with van der Waals surface area (Å²) in [6.07, 6.45) is 5.27. The van der Waals surface area contributed by atoms with Gasteiger partial charge in [0.05, 0.1) is 18.9 Å². The second-order valence-electron chi connectivity index (χ2n) is 6.12. The van der Waals surface area contributed by atoms with Crippen LogP contribution in [0.3, 0.4) is 0 Å². The Bertz CT molecular complexity index is 574. The Morgan fingerprint density at radius 2 is 1.86 bits per heavy atom. The molecule has 1 aliphatic rings. The third-order valence-electron chi connectivity index (χ3n) is 4.42. The molecule has 118 valence electrons. The van der Waals surface area contributed by atoms with Crippen molar-refractivity contribution in [3.8, 4) is 5.75 Å². The molecule has 0 bridgehead atoms. The van der Waals surface area contributed by atoms with E-state index in [9.17, 15) is 10.2 Å². The van der Waals surface area contributed by atoms with Crippen molar-refractivity contribution in [1.82, 2.24) is 4.90 Å². The van der Waals surface area contributed by atoms with E-state index in [0.29, 0.717) is 11.8 Å². The van der Waals surface area contributed by atoms with Gasteiger partial charge in [-0.25, -0.2) is 0 Å². The SMILES string of the molecule is Oc1cccc(CN(Cc2ccco2)C2CCC(O)CC2)c1. The summed E-state index contributed by atoms with van der Waals surface area (Å²) in [6, 6.07) is 11.8. The van der Waals surface area contributed by atoms with Crippen molar-refractivity contribution >= 4 is 0 Å². The lowest BCUT2D eigenvalue weighted by Crippen LogP contribution is -2.38. The lowest BCUT2D eigenvalue weighted by atomic mass is 9.91. The summed E-state index contributed by atoms with van der Waals surface area (Å²) in [7, 11) is 0. The van der Waals surface area contributed by atoms with Crippen LogP contribution in [-0.2, 0) is 13.1 Å². The van der Waals surface area contributed by atoms with Gasteiger partial charge in [0.2, 0.25) is 0 Å². The second kappa shape index (κ2) is 6.99. The predicted octanol–water partition coefficient (Wildman–Crippen LogP) is 3.29. The molecule has 1 aliphatic carbocycles. The molecule has 0 atom stereocenters. The van der Waals surface area contributed by atoms with Crippen molar-refractivity contribution in [3.05, 3.63) is 54.0 Å². The van der Waals surface area contributed by atoms with Crippen molar-refractivity contribution in [1.29, 1.82) is 0 Å². The van der Waals surface area contributed by atoms with Crippen LogP contribution in [0.4, 0.5) is 0 Å². The van der Waals surface area contributed by atoms with Crippen molar-refractivity contribution in [2.45, 2.75) is 50.9 Å². The molecule has 4 nitrogen and oxygen atoms in total. The van der Waals surface area contributed by atoms with Crippen LogP contribution in [0.25, 0.3) is 0 Å². The number of benzene rings is 1. The van der Waals surface area contributed by atoms with Crippen molar-refractivity contribution in [2.24, 2.45) is 0 Å². The van der Waals surface area contributed by atoms with Crippen LogP contribution in [0, 0.1) is 0 Å². The van der Waals surface area contributed by atoms with E-state index in [0.717, 1.165) is 50.1 Å². The molecule has 0 saturated heterocycles. The van der Waals surface area contributed by atoms with Crippen LogP contribution in [0.5, 0.6) is 5.75 Å². The molecule has 1 aromatic carbocycles. The van der Waals surface area contributed by atoms with Crippen molar-refractivity contribution < 1.29 is 14.6 Å². The average molecular weight is 301 g/mol. The van der Waals surface area contributed by atoms with Gasteiger partial charge in [-0.1, -0.05) is 12.1 Å². The predicted molar refractivity (Wildman–Crippen MR) is 84.3 cm³/mol. The molecular formula is C18H23NO3. The zero-order valence-corrected chi connectivity index (χ0v) is 12.7. The minimum atomic E-state index is -0.150. The van der Waals surface area contributed by atoms with Crippen LogP contribution < -0.4 is 0 Å². The maximum Gasteiger partial charge on any atom is 0.117 e. The van der Waals surface area contributed by atoms with Gasteiger partial charge in [0.1, 0.15) is 11.5 Å². The van der Waals surface area contributed by atoms with Gasteiger partial charge < -0.3 is 14.6 Å². The fraction of sp³-hybridized carbons (Fsp3) is 0.444. The molecule has 0 radical (unpaired) electrons. The Balaban J connectivity index is 1.73. The van der Waals surface area contributed by atoms with Crippen LogP contribution in [0.2, 0.25) is 0 Å². The molecule has 0 unspecified atom stereocenters. The van der Waals surface area contributed by atoms with E-state index < -0.39 is 0 Å². The number of hydrogen-bond acceptors (Lipinski definition) is 4. The first-order valence-corrected chi connectivity index (χ1v) is 7.93. The number of phenols is 1. The lowest BCUT2D eigenvalue weighted by Gasteiger charge is -2.35. The molecule has 3 rings (SSSR count). The van der Waals surface area contributed by atoms with Crippen LogP contribution in [0.15, 0.2) is 47.1 Å². The number of nitrogens with zero attached hydrogens (tertiary/aromatic N) is 1. The van der Waals surface area contributed by atoms with Gasteiger partial charge >= 0.3 is 0 Å². The molecule has 1 heterocycles. The normalized spacial score (nSPS) is 22.1. The quantitative estimate of drug-likeness (QED) is 0.890. The molecule has 2 N–H and O–H groups in total. The van der Waals surface area contributed by atoms with Crippen LogP contribution >= 0.6 is 0 Å². The smallest absolute Gasteiger partial charge is 0.117 e. The first-order valence-electron chi connectivity index (χ1n) is 7.93. The van der Waals surface area contributed by atoms with Crippen LogP contribution in [-0.4, -0.2) is 27.3 Å². The third-order valence-corrected chi connectivity index (χ3v) is 4.42. The van der Waals surface area contributed by atoms with Crippen LogP contribution in [0.1, 0.15) is 37.0 Å². The third kappa shape index (κ3) is 3.90. The number of aliphatic hydroxyl groups is 1. The van der Waals surface area contributed by atoms with Gasteiger partial charge in [-0.2, -0.15) is 0 Å². The van der Waals surface area contributed by atoms with Gasteiger partial charge in [-0.15, -0.1) is 0 Å². The fourth-order valence-corrected chi connectivity index (χ4v) is 3.23. The molecule has 1 aromatic heterocycles. The van der Waals surface area contributed by atoms with E-state index in [1.807, 2.05) is 30.3 Å². The maximum absolute atomic E-state index is 9.72. The molecular weight excluding hydrogens is 278 g/mol. The molecule has 0 spiro atoms. The zero-order chi connectivity index (χ0) is 15.4. The molecule has 2 aromatic rings. The molecule has 22 heavy (non-hydrogen) atoms. The monoisotopic (exact) mass is 301 g/mol. The summed E-state index contributed by atoms with van der Waals surface area (Å²) >= 11 is 0. The minimum Gasteiger partial charge on any atom is -0.508 e. The highest BCUT2D eigenvalue weighted by Crippen LogP contribution is 2.26. The van der Waals surface area contributed by atoms with E-state index in [1.54, 1.807) is 12.3 Å². The Hall–Kier alpha value is -1.78. The highest BCUT2D eigenvalue weighted by Gasteiger charge is 2.25. The number of hydrogen-bond donors (Lipinski definition) is 2. The summed E-state index contributed by atoms with van der Waals surface area (Å²) in [5.74, 6) is 1.25. The number of phenolic OH excluding ortho intramolecular Hbond substituents is 1. The summed E-state index contributed by atoms with van der Waals surface area (Å²) in [5.41, 5.74) is 1.10. The number of aromatic hydroxyl groups is 1. The fourth-order valence-electron chi connectivity index (χ4n) is 3.23. The summed E-state index contributed by atoms with van der Waals surface area (Å²) in [4.78, 5) is 2.39. The van der Waals surface area contributed by atoms with Gasteiger partial charge in [0, 0.05) is 12.6 Å². The summed E-state index contributed by atoms with van der Waals surface area (Å²) < 4.78 is 5.50. The molecule has 1 saturated carbocycles. The molecule has 0 aliphatic heterocycles. The first kappa shape index (κ1) is 15.1. The molecule has 1 fully saturated rings. The Morgan fingerprint density at radius 1 is 1.05 bits per heavy atom. The molecule has 0 amide bonds. The van der Waals surface area contributed by atoms with E-state index >= 15 is 0 Å².